The van der Waals surface area contributed by atoms with Crippen LogP contribution in [0.2, 0.25) is 0 Å². The number of esters is 1. The highest BCUT2D eigenvalue weighted by Crippen LogP contribution is 2.25. The first-order chi connectivity index (χ1) is 19.2. The van der Waals surface area contributed by atoms with Crippen molar-refractivity contribution < 1.29 is 23.1 Å². The third kappa shape index (κ3) is 6.41. The van der Waals surface area contributed by atoms with Gasteiger partial charge in [-0.2, -0.15) is 10.3 Å². The van der Waals surface area contributed by atoms with E-state index < -0.39 is 23.5 Å². The van der Waals surface area contributed by atoms with Crippen molar-refractivity contribution in [2.75, 3.05) is 6.61 Å². The number of hydrogen-bond donors (Lipinski definition) is 0. The lowest BCUT2D eigenvalue weighted by atomic mass is 9.99. The van der Waals surface area contributed by atoms with Gasteiger partial charge in [0.1, 0.15) is 17.3 Å². The van der Waals surface area contributed by atoms with Crippen molar-refractivity contribution >= 4 is 23.2 Å². The van der Waals surface area contributed by atoms with E-state index in [2.05, 4.69) is 11.1 Å². The van der Waals surface area contributed by atoms with Crippen molar-refractivity contribution in [1.82, 2.24) is 4.57 Å². The third-order valence-electron chi connectivity index (χ3n) is 6.05. The summed E-state index contributed by atoms with van der Waals surface area (Å²) in [4.78, 5) is 31.2. The van der Waals surface area contributed by atoms with Crippen LogP contribution in [-0.2, 0) is 17.7 Å². The number of hydrogen-bond acceptors (Lipinski definition) is 5. The van der Waals surface area contributed by atoms with Crippen LogP contribution in [-0.4, -0.2) is 23.1 Å². The van der Waals surface area contributed by atoms with Gasteiger partial charge in [-0.05, 0) is 54.2 Å². The van der Waals surface area contributed by atoms with Crippen molar-refractivity contribution in [3.8, 4) is 17.2 Å². The largest absolute Gasteiger partial charge is 0.461 e. The number of thiazole rings is 1. The Morgan fingerprint density at radius 2 is 1.80 bits per heavy atom. The molecule has 0 saturated heterocycles. The fourth-order valence-electron chi connectivity index (χ4n) is 4.24. The molecule has 0 fully saturated rings. The van der Waals surface area contributed by atoms with Crippen LogP contribution in [0.25, 0.3) is 11.1 Å². The number of rotatable bonds is 8. The second-order valence-electron chi connectivity index (χ2n) is 9.46. The number of amides is 1. The molecule has 3 aromatic carbocycles. The normalized spacial score (nSPS) is 11.5. The number of carbonyl (C=O) groups excluding carboxylic acids is 2. The number of nitrogens with zero attached hydrogens (tertiary/aromatic N) is 3. The Bertz CT molecular complexity index is 1660. The molecule has 0 unspecified atom stereocenters. The topological polar surface area (TPSA) is 84.4 Å². The van der Waals surface area contributed by atoms with Crippen LogP contribution < -0.4 is 4.80 Å². The summed E-state index contributed by atoms with van der Waals surface area (Å²) in [7, 11) is 0. The van der Waals surface area contributed by atoms with Gasteiger partial charge >= 0.3 is 5.97 Å². The fraction of sp³-hybridized carbons (Fsp3) is 0.226. The van der Waals surface area contributed by atoms with E-state index in [1.165, 1.54) is 11.3 Å². The lowest BCUT2D eigenvalue weighted by Crippen LogP contribution is -2.24. The van der Waals surface area contributed by atoms with Crippen LogP contribution in [0.1, 0.15) is 57.6 Å². The highest BCUT2D eigenvalue weighted by Gasteiger charge is 2.24. The predicted molar refractivity (Wildman–Crippen MR) is 149 cm³/mol. The summed E-state index contributed by atoms with van der Waals surface area (Å²) in [6, 6.07) is 19.7. The number of halogens is 2. The first-order valence-corrected chi connectivity index (χ1v) is 13.6. The first kappa shape index (κ1) is 28.6. The Morgan fingerprint density at radius 1 is 1.07 bits per heavy atom. The van der Waals surface area contributed by atoms with Crippen LogP contribution in [0, 0.1) is 28.9 Å². The second kappa shape index (κ2) is 12.6. The van der Waals surface area contributed by atoms with Gasteiger partial charge in [-0.1, -0.05) is 56.3 Å². The standard InChI is InChI=1S/C31H27F2N3O3S/c1-4-39-30(38)28-27(15-19(2)3)40-31(35-29(37)25-14-13-23(32)16-26(25)33)36(28)18-20-9-11-21(12-10-20)24-8-6-5-7-22(24)17-34/h5-14,16,19H,4,15,18H2,1-3H3. The minimum Gasteiger partial charge on any atom is -0.461 e. The number of carbonyl (C=O) groups is 2. The van der Waals surface area contributed by atoms with Gasteiger partial charge in [-0.15, -0.1) is 11.3 Å². The maximum atomic E-state index is 14.3. The highest BCUT2D eigenvalue weighted by molar-refractivity contribution is 7.09. The van der Waals surface area contributed by atoms with Crippen molar-refractivity contribution in [1.29, 1.82) is 5.26 Å². The summed E-state index contributed by atoms with van der Waals surface area (Å²) in [5.41, 5.74) is 2.93. The summed E-state index contributed by atoms with van der Waals surface area (Å²) < 4.78 is 34.7. The highest BCUT2D eigenvalue weighted by atomic mass is 32.1. The molecule has 0 radical (unpaired) electrons. The SMILES string of the molecule is CCOC(=O)c1c(CC(C)C)sc(=NC(=O)c2ccc(F)cc2F)n1Cc1ccc(-c2ccccc2C#N)cc1. The molecule has 0 aliphatic carbocycles. The number of nitriles is 1. The van der Waals surface area contributed by atoms with Crippen LogP contribution in [0.3, 0.4) is 0 Å². The molecule has 1 aromatic heterocycles. The van der Waals surface area contributed by atoms with Crippen molar-refractivity contribution in [3.63, 3.8) is 0 Å². The molecule has 1 heterocycles. The average molecular weight is 560 g/mol. The van der Waals surface area contributed by atoms with Gasteiger partial charge in [-0.25, -0.2) is 13.6 Å². The van der Waals surface area contributed by atoms with Gasteiger partial charge in [0.25, 0.3) is 5.91 Å². The predicted octanol–water partition coefficient (Wildman–Crippen LogP) is 6.53. The zero-order valence-corrected chi connectivity index (χ0v) is 23.1. The summed E-state index contributed by atoms with van der Waals surface area (Å²) in [5, 5.41) is 9.46. The zero-order chi connectivity index (χ0) is 28.8. The summed E-state index contributed by atoms with van der Waals surface area (Å²) in [6.07, 6.45) is 0.539. The fourth-order valence-corrected chi connectivity index (χ4v) is 5.56. The van der Waals surface area contributed by atoms with Crippen LogP contribution in [0.4, 0.5) is 8.78 Å². The van der Waals surface area contributed by atoms with E-state index in [0.29, 0.717) is 22.9 Å². The van der Waals surface area contributed by atoms with E-state index >= 15 is 0 Å². The Kier molecular flexibility index (Phi) is 9.02. The monoisotopic (exact) mass is 559 g/mol. The smallest absolute Gasteiger partial charge is 0.356 e. The molecule has 4 rings (SSSR count). The number of aromatic nitrogens is 1. The van der Waals surface area contributed by atoms with Gasteiger partial charge in [0, 0.05) is 10.9 Å². The van der Waals surface area contributed by atoms with Crippen LogP contribution in [0.5, 0.6) is 0 Å². The van der Waals surface area contributed by atoms with E-state index in [0.717, 1.165) is 28.8 Å². The Balaban J connectivity index is 1.82. The van der Waals surface area contributed by atoms with E-state index in [9.17, 15) is 23.6 Å². The lowest BCUT2D eigenvalue weighted by Gasteiger charge is -2.12. The van der Waals surface area contributed by atoms with Gasteiger partial charge < -0.3 is 9.30 Å². The second-order valence-corrected chi connectivity index (χ2v) is 10.5. The van der Waals surface area contributed by atoms with Crippen LogP contribution in [0.15, 0.2) is 71.7 Å². The number of benzene rings is 3. The maximum Gasteiger partial charge on any atom is 0.356 e. The molecule has 0 spiro atoms. The maximum absolute atomic E-state index is 14.3. The molecule has 1 amide bonds. The minimum absolute atomic E-state index is 0.162. The minimum atomic E-state index is -1.02. The lowest BCUT2D eigenvalue weighted by molar-refractivity contribution is 0.0512. The molecular formula is C31H27F2N3O3S. The molecular weight excluding hydrogens is 532 g/mol. The number of ether oxygens (including phenoxy) is 1. The van der Waals surface area contributed by atoms with Gasteiger partial charge in [-0.3, -0.25) is 4.79 Å². The van der Waals surface area contributed by atoms with E-state index in [4.69, 9.17) is 4.74 Å². The molecule has 0 N–H and O–H groups in total. The summed E-state index contributed by atoms with van der Waals surface area (Å²) >= 11 is 1.17. The van der Waals surface area contributed by atoms with Crippen LogP contribution >= 0.6 is 11.3 Å². The summed E-state index contributed by atoms with van der Waals surface area (Å²) in [6.45, 7) is 6.07. The van der Waals surface area contributed by atoms with Crippen molar-refractivity contribution in [2.24, 2.45) is 10.9 Å². The van der Waals surface area contributed by atoms with Crippen molar-refractivity contribution in [3.05, 3.63) is 110 Å². The van der Waals surface area contributed by atoms with Gasteiger partial charge in [0.05, 0.1) is 30.3 Å². The molecule has 0 atom stereocenters. The Labute approximate surface area is 234 Å². The summed E-state index contributed by atoms with van der Waals surface area (Å²) in [5.74, 6) is -3.06. The van der Waals surface area contributed by atoms with E-state index in [1.807, 2.05) is 50.2 Å². The van der Waals surface area contributed by atoms with E-state index in [1.54, 1.807) is 23.6 Å². The Hall–Kier alpha value is -4.42. The quantitative estimate of drug-likeness (QED) is 0.230. The van der Waals surface area contributed by atoms with Gasteiger partial charge in [0.15, 0.2) is 4.80 Å². The molecule has 6 nitrogen and oxygen atoms in total. The molecule has 4 aromatic rings. The molecule has 0 saturated carbocycles. The molecule has 9 heteroatoms. The van der Waals surface area contributed by atoms with Gasteiger partial charge in [0.2, 0.25) is 0 Å². The average Bonchev–Trinajstić information content (AvgIpc) is 3.24. The molecule has 0 bridgehead atoms. The molecule has 0 aliphatic rings. The molecule has 40 heavy (non-hydrogen) atoms. The third-order valence-corrected chi connectivity index (χ3v) is 7.15. The van der Waals surface area contributed by atoms with E-state index in [-0.39, 0.29) is 35.1 Å². The first-order valence-electron chi connectivity index (χ1n) is 12.7. The zero-order valence-electron chi connectivity index (χ0n) is 22.3. The molecule has 0 aliphatic heterocycles. The van der Waals surface area contributed by atoms with Crippen molar-refractivity contribution in [2.45, 2.75) is 33.7 Å². The Morgan fingerprint density at radius 3 is 2.45 bits per heavy atom. The molecule has 204 valence electrons.